The molecule has 0 unspecified atom stereocenters. The van der Waals surface area contributed by atoms with E-state index in [1.165, 1.54) is 6.21 Å². The van der Waals surface area contributed by atoms with Gasteiger partial charge >= 0.3 is 0 Å². The van der Waals surface area contributed by atoms with E-state index in [1.807, 2.05) is 0 Å². The molecule has 0 atom stereocenters. The average molecular weight is 166 g/mol. The van der Waals surface area contributed by atoms with Crippen LogP contribution in [0.1, 0.15) is 19.1 Å². The van der Waals surface area contributed by atoms with Crippen molar-refractivity contribution < 1.29 is 9.21 Å². The quantitative estimate of drug-likeness (QED) is 0.540. The van der Waals surface area contributed by atoms with Gasteiger partial charge in [-0.15, -0.1) is 0 Å². The smallest absolute Gasteiger partial charge is 0.239 e. The SMILES string of the molecule is CCC(=O)NN=Cc1ccco1. The summed E-state index contributed by atoms with van der Waals surface area (Å²) in [5.74, 6) is 0.504. The Morgan fingerprint density at radius 1 is 1.83 bits per heavy atom. The summed E-state index contributed by atoms with van der Waals surface area (Å²) in [6.07, 6.45) is 3.42. The van der Waals surface area contributed by atoms with Crippen LogP contribution >= 0.6 is 0 Å². The van der Waals surface area contributed by atoms with Crippen molar-refractivity contribution >= 4 is 12.1 Å². The number of hydrazone groups is 1. The number of nitrogens with zero attached hydrogens (tertiary/aromatic N) is 1. The van der Waals surface area contributed by atoms with Gasteiger partial charge < -0.3 is 4.42 Å². The van der Waals surface area contributed by atoms with Gasteiger partial charge in [-0.25, -0.2) is 5.43 Å². The van der Waals surface area contributed by atoms with Crippen LogP contribution in [-0.2, 0) is 4.79 Å². The molecule has 4 heteroatoms. The predicted octanol–water partition coefficient (Wildman–Crippen LogP) is 1.14. The van der Waals surface area contributed by atoms with E-state index in [0.29, 0.717) is 12.2 Å². The molecule has 1 heterocycles. The van der Waals surface area contributed by atoms with E-state index in [1.54, 1.807) is 25.3 Å². The lowest BCUT2D eigenvalue weighted by Crippen LogP contribution is -2.15. The van der Waals surface area contributed by atoms with Gasteiger partial charge in [-0.1, -0.05) is 6.92 Å². The van der Waals surface area contributed by atoms with Crippen molar-refractivity contribution in [3.8, 4) is 0 Å². The first-order valence-electron chi connectivity index (χ1n) is 3.68. The molecule has 1 rings (SSSR count). The third-order valence-corrected chi connectivity index (χ3v) is 1.25. The van der Waals surface area contributed by atoms with Crippen molar-refractivity contribution in [3.63, 3.8) is 0 Å². The second-order valence-electron chi connectivity index (χ2n) is 2.16. The molecule has 0 spiro atoms. The molecule has 4 nitrogen and oxygen atoms in total. The number of rotatable bonds is 3. The lowest BCUT2D eigenvalue weighted by molar-refractivity contribution is -0.120. The summed E-state index contributed by atoms with van der Waals surface area (Å²) in [5.41, 5.74) is 2.34. The van der Waals surface area contributed by atoms with Crippen LogP contribution in [0.2, 0.25) is 0 Å². The molecular formula is C8H10N2O2. The van der Waals surface area contributed by atoms with Gasteiger partial charge in [0.2, 0.25) is 5.91 Å². The van der Waals surface area contributed by atoms with Gasteiger partial charge in [0.15, 0.2) is 0 Å². The Balaban J connectivity index is 2.37. The predicted molar refractivity (Wildman–Crippen MR) is 44.7 cm³/mol. The minimum Gasteiger partial charge on any atom is -0.463 e. The molecule has 0 fully saturated rings. The second kappa shape index (κ2) is 4.33. The molecule has 1 aromatic rings. The summed E-state index contributed by atoms with van der Waals surface area (Å²) >= 11 is 0. The van der Waals surface area contributed by atoms with Crippen LogP contribution in [0.25, 0.3) is 0 Å². The first-order valence-corrected chi connectivity index (χ1v) is 3.68. The van der Waals surface area contributed by atoms with Gasteiger partial charge in [0, 0.05) is 6.42 Å². The van der Waals surface area contributed by atoms with Crippen molar-refractivity contribution in [2.75, 3.05) is 0 Å². The molecule has 0 saturated carbocycles. The second-order valence-corrected chi connectivity index (χ2v) is 2.16. The summed E-state index contributed by atoms with van der Waals surface area (Å²) in [4.78, 5) is 10.7. The maximum atomic E-state index is 10.7. The Labute approximate surface area is 70.3 Å². The lowest BCUT2D eigenvalue weighted by atomic mass is 10.5. The Bertz CT molecular complexity index is 265. The number of hydrogen-bond acceptors (Lipinski definition) is 3. The van der Waals surface area contributed by atoms with Gasteiger partial charge in [0.05, 0.1) is 12.5 Å². The number of hydrogen-bond donors (Lipinski definition) is 1. The highest BCUT2D eigenvalue weighted by Crippen LogP contribution is 1.94. The molecule has 0 radical (unpaired) electrons. The highest BCUT2D eigenvalue weighted by atomic mass is 16.3. The van der Waals surface area contributed by atoms with Gasteiger partial charge in [0.1, 0.15) is 5.76 Å². The first kappa shape index (κ1) is 8.52. The molecular weight excluding hydrogens is 156 g/mol. The van der Waals surface area contributed by atoms with Gasteiger partial charge in [-0.2, -0.15) is 5.10 Å². The number of furan rings is 1. The van der Waals surface area contributed by atoms with E-state index in [2.05, 4.69) is 10.5 Å². The standard InChI is InChI=1S/C8H10N2O2/c1-2-8(11)10-9-6-7-4-3-5-12-7/h3-6H,2H2,1H3,(H,10,11). The Morgan fingerprint density at radius 2 is 2.67 bits per heavy atom. The van der Waals surface area contributed by atoms with Crippen molar-refractivity contribution in [3.05, 3.63) is 24.2 Å². The van der Waals surface area contributed by atoms with Gasteiger partial charge in [-0.3, -0.25) is 4.79 Å². The highest BCUT2D eigenvalue weighted by molar-refractivity contribution is 5.79. The van der Waals surface area contributed by atoms with E-state index in [4.69, 9.17) is 4.42 Å². The highest BCUT2D eigenvalue weighted by Gasteiger charge is 1.92. The van der Waals surface area contributed by atoms with E-state index in [0.717, 1.165) is 0 Å². The lowest BCUT2D eigenvalue weighted by Gasteiger charge is -1.91. The Kier molecular flexibility index (Phi) is 3.07. The molecule has 1 N–H and O–H groups in total. The maximum Gasteiger partial charge on any atom is 0.239 e. The number of nitrogens with one attached hydrogen (secondary N) is 1. The topological polar surface area (TPSA) is 54.6 Å². The molecule has 12 heavy (non-hydrogen) atoms. The van der Waals surface area contributed by atoms with Crippen LogP contribution < -0.4 is 5.43 Å². The molecule has 1 aromatic heterocycles. The molecule has 0 bridgehead atoms. The number of carbonyl (C=O) groups is 1. The molecule has 0 aromatic carbocycles. The fourth-order valence-electron chi connectivity index (χ4n) is 0.612. The van der Waals surface area contributed by atoms with Crippen LogP contribution in [0, 0.1) is 0 Å². The van der Waals surface area contributed by atoms with Crippen LogP contribution in [0.5, 0.6) is 0 Å². The molecule has 64 valence electrons. The number of amides is 1. The van der Waals surface area contributed by atoms with Crippen LogP contribution in [0.3, 0.4) is 0 Å². The first-order chi connectivity index (χ1) is 5.83. The molecule has 0 aliphatic carbocycles. The number of carbonyl (C=O) groups excluding carboxylic acids is 1. The fourth-order valence-corrected chi connectivity index (χ4v) is 0.612. The zero-order chi connectivity index (χ0) is 8.81. The summed E-state index contributed by atoms with van der Waals surface area (Å²) in [7, 11) is 0. The monoisotopic (exact) mass is 166 g/mol. The summed E-state index contributed by atoms with van der Waals surface area (Å²) in [5, 5.41) is 3.67. The molecule has 0 saturated heterocycles. The van der Waals surface area contributed by atoms with Crippen LogP contribution in [0.15, 0.2) is 27.9 Å². The van der Waals surface area contributed by atoms with Gasteiger partial charge in [0.25, 0.3) is 0 Å². The largest absolute Gasteiger partial charge is 0.463 e. The summed E-state index contributed by atoms with van der Waals surface area (Å²) < 4.78 is 4.95. The van der Waals surface area contributed by atoms with Crippen molar-refractivity contribution in [2.45, 2.75) is 13.3 Å². The zero-order valence-electron chi connectivity index (χ0n) is 6.78. The Morgan fingerprint density at radius 3 is 3.25 bits per heavy atom. The minimum absolute atomic E-state index is 0.113. The molecule has 1 amide bonds. The third-order valence-electron chi connectivity index (χ3n) is 1.25. The minimum atomic E-state index is -0.113. The van der Waals surface area contributed by atoms with Crippen molar-refractivity contribution in [1.29, 1.82) is 0 Å². The van der Waals surface area contributed by atoms with Crippen molar-refractivity contribution in [2.24, 2.45) is 5.10 Å². The zero-order valence-corrected chi connectivity index (χ0v) is 6.78. The van der Waals surface area contributed by atoms with E-state index in [9.17, 15) is 4.79 Å². The Hall–Kier alpha value is -1.58. The van der Waals surface area contributed by atoms with Crippen molar-refractivity contribution in [1.82, 2.24) is 5.43 Å². The fraction of sp³-hybridized carbons (Fsp3) is 0.250. The average Bonchev–Trinajstić information content (AvgIpc) is 2.57. The maximum absolute atomic E-state index is 10.7. The van der Waals surface area contributed by atoms with Gasteiger partial charge in [-0.05, 0) is 12.1 Å². The van der Waals surface area contributed by atoms with E-state index < -0.39 is 0 Å². The summed E-state index contributed by atoms with van der Waals surface area (Å²) in [6, 6.07) is 3.50. The van der Waals surface area contributed by atoms with Crippen LogP contribution in [-0.4, -0.2) is 12.1 Å². The van der Waals surface area contributed by atoms with Crippen LogP contribution in [0.4, 0.5) is 0 Å². The molecule has 0 aliphatic rings. The van der Waals surface area contributed by atoms with E-state index >= 15 is 0 Å². The van der Waals surface area contributed by atoms with E-state index in [-0.39, 0.29) is 5.91 Å². The normalized spacial score (nSPS) is 10.4. The third kappa shape index (κ3) is 2.57. The summed E-state index contributed by atoms with van der Waals surface area (Å²) in [6.45, 7) is 1.76. The molecule has 0 aliphatic heterocycles.